The summed E-state index contributed by atoms with van der Waals surface area (Å²) in [5.41, 5.74) is 1.39. The van der Waals surface area contributed by atoms with Crippen molar-refractivity contribution >= 4 is 5.91 Å². The molecule has 1 aromatic heterocycles. The van der Waals surface area contributed by atoms with Gasteiger partial charge in [-0.05, 0) is 36.8 Å². The van der Waals surface area contributed by atoms with Crippen molar-refractivity contribution in [1.82, 2.24) is 14.9 Å². The molecule has 4 nitrogen and oxygen atoms in total. The fourth-order valence-corrected chi connectivity index (χ4v) is 3.60. The van der Waals surface area contributed by atoms with E-state index in [4.69, 9.17) is 0 Å². The van der Waals surface area contributed by atoms with E-state index >= 15 is 0 Å². The van der Waals surface area contributed by atoms with Crippen LogP contribution in [0.15, 0.2) is 48.8 Å². The largest absolute Gasteiger partial charge is 0.333 e. The second-order valence-electron chi connectivity index (χ2n) is 6.50. The molecular formula is C20H25N3O. The highest BCUT2D eigenvalue weighted by Crippen LogP contribution is 2.34. The zero-order chi connectivity index (χ0) is 16.8. The smallest absolute Gasteiger partial charge is 0.291 e. The summed E-state index contributed by atoms with van der Waals surface area (Å²) in [6, 6.07) is 12.7. The maximum Gasteiger partial charge on any atom is 0.291 e. The van der Waals surface area contributed by atoms with Gasteiger partial charge in [-0.25, -0.2) is 9.97 Å². The van der Waals surface area contributed by atoms with Crippen molar-refractivity contribution in [2.45, 2.75) is 51.0 Å². The van der Waals surface area contributed by atoms with Gasteiger partial charge in [0.05, 0.1) is 0 Å². The van der Waals surface area contributed by atoms with Crippen LogP contribution in [0.3, 0.4) is 0 Å². The number of nitrogens with zero attached hydrogens (tertiary/aromatic N) is 3. The van der Waals surface area contributed by atoms with Crippen molar-refractivity contribution < 1.29 is 4.79 Å². The molecule has 1 saturated heterocycles. The number of piperidine rings is 1. The molecule has 2 atom stereocenters. The summed E-state index contributed by atoms with van der Waals surface area (Å²) >= 11 is 0. The molecule has 0 aliphatic carbocycles. The molecule has 1 aliphatic heterocycles. The van der Waals surface area contributed by atoms with Gasteiger partial charge in [-0.1, -0.05) is 50.1 Å². The number of aromatic nitrogens is 2. The van der Waals surface area contributed by atoms with Crippen LogP contribution in [0.1, 0.15) is 61.1 Å². The molecule has 0 N–H and O–H groups in total. The van der Waals surface area contributed by atoms with Gasteiger partial charge >= 0.3 is 0 Å². The number of amides is 1. The summed E-state index contributed by atoms with van der Waals surface area (Å²) in [5, 5.41) is 0. The average molecular weight is 323 g/mol. The van der Waals surface area contributed by atoms with Crippen LogP contribution in [0.5, 0.6) is 0 Å². The van der Waals surface area contributed by atoms with E-state index in [0.717, 1.165) is 38.6 Å². The van der Waals surface area contributed by atoms with Crippen LogP contribution >= 0.6 is 0 Å². The molecular weight excluding hydrogens is 298 g/mol. The Hall–Kier alpha value is -2.23. The number of carbonyl (C=O) groups excluding carboxylic acids is 1. The molecule has 1 aliphatic rings. The monoisotopic (exact) mass is 323 g/mol. The molecule has 0 radical (unpaired) electrons. The standard InChI is InChI=1S/C20H25N3O/c1-2-3-10-18-15-17(16-8-5-4-6-9-16)11-14-23(18)20(24)19-21-12-7-13-22-19/h4-9,12-13,17-18H,2-3,10-11,14-15H2,1H3. The summed E-state index contributed by atoms with van der Waals surface area (Å²) in [4.78, 5) is 23.1. The van der Waals surface area contributed by atoms with Crippen molar-refractivity contribution in [2.75, 3.05) is 6.54 Å². The number of likely N-dealkylation sites (tertiary alicyclic amines) is 1. The van der Waals surface area contributed by atoms with E-state index in [1.54, 1.807) is 18.5 Å². The van der Waals surface area contributed by atoms with E-state index in [1.807, 2.05) is 4.90 Å². The van der Waals surface area contributed by atoms with Crippen molar-refractivity contribution in [3.8, 4) is 0 Å². The third-order valence-electron chi connectivity index (χ3n) is 4.90. The van der Waals surface area contributed by atoms with E-state index in [2.05, 4.69) is 47.2 Å². The third-order valence-corrected chi connectivity index (χ3v) is 4.90. The second-order valence-corrected chi connectivity index (χ2v) is 6.50. The highest BCUT2D eigenvalue weighted by Gasteiger charge is 2.33. The zero-order valence-electron chi connectivity index (χ0n) is 14.3. The molecule has 24 heavy (non-hydrogen) atoms. The normalized spacial score (nSPS) is 20.8. The van der Waals surface area contributed by atoms with Crippen molar-refractivity contribution in [3.05, 3.63) is 60.2 Å². The first-order valence-electron chi connectivity index (χ1n) is 8.92. The Kier molecular flexibility index (Phi) is 5.57. The van der Waals surface area contributed by atoms with Gasteiger partial charge in [-0.3, -0.25) is 4.79 Å². The van der Waals surface area contributed by atoms with Crippen molar-refractivity contribution in [3.63, 3.8) is 0 Å². The first-order valence-corrected chi connectivity index (χ1v) is 8.92. The molecule has 1 aromatic carbocycles. The maximum atomic E-state index is 12.8. The van der Waals surface area contributed by atoms with Crippen molar-refractivity contribution in [1.29, 1.82) is 0 Å². The lowest BCUT2D eigenvalue weighted by molar-refractivity contribution is 0.0562. The van der Waals surface area contributed by atoms with E-state index in [-0.39, 0.29) is 11.9 Å². The molecule has 0 saturated carbocycles. The van der Waals surface area contributed by atoms with Crippen LogP contribution in [0.2, 0.25) is 0 Å². The molecule has 4 heteroatoms. The van der Waals surface area contributed by atoms with Crippen LogP contribution in [0.25, 0.3) is 0 Å². The quantitative estimate of drug-likeness (QED) is 0.834. The summed E-state index contributed by atoms with van der Waals surface area (Å²) in [5.74, 6) is 0.828. The predicted octanol–water partition coefficient (Wildman–Crippen LogP) is 4.06. The molecule has 2 heterocycles. The number of benzene rings is 1. The number of carbonyl (C=O) groups is 1. The van der Waals surface area contributed by atoms with Crippen LogP contribution in [0, 0.1) is 0 Å². The summed E-state index contributed by atoms with van der Waals surface area (Å²) in [7, 11) is 0. The Morgan fingerprint density at radius 1 is 1.17 bits per heavy atom. The van der Waals surface area contributed by atoms with Gasteiger partial charge < -0.3 is 4.90 Å². The number of hydrogen-bond acceptors (Lipinski definition) is 3. The van der Waals surface area contributed by atoms with E-state index in [9.17, 15) is 4.79 Å². The lowest BCUT2D eigenvalue weighted by Gasteiger charge is -2.39. The molecule has 1 amide bonds. The van der Waals surface area contributed by atoms with Crippen LogP contribution < -0.4 is 0 Å². The Morgan fingerprint density at radius 3 is 2.62 bits per heavy atom. The molecule has 0 bridgehead atoms. The molecule has 0 spiro atoms. The molecule has 3 rings (SSSR count). The molecule has 1 fully saturated rings. The maximum absolute atomic E-state index is 12.8. The lowest BCUT2D eigenvalue weighted by Crippen LogP contribution is -2.46. The number of rotatable bonds is 5. The molecule has 2 aromatic rings. The Bertz CT molecular complexity index is 644. The average Bonchev–Trinajstić information content (AvgIpc) is 2.67. The summed E-state index contributed by atoms with van der Waals surface area (Å²) in [6.45, 7) is 2.98. The summed E-state index contributed by atoms with van der Waals surface area (Å²) < 4.78 is 0. The molecule has 126 valence electrons. The minimum absolute atomic E-state index is 0.0248. The highest BCUT2D eigenvalue weighted by atomic mass is 16.2. The Labute approximate surface area is 143 Å². The van der Waals surface area contributed by atoms with Gasteiger partial charge in [0, 0.05) is 25.0 Å². The SMILES string of the molecule is CCCCC1CC(c2ccccc2)CCN1C(=O)c1ncccn1. The van der Waals surface area contributed by atoms with E-state index in [1.165, 1.54) is 5.56 Å². The van der Waals surface area contributed by atoms with E-state index < -0.39 is 0 Å². The second kappa shape index (κ2) is 8.04. The van der Waals surface area contributed by atoms with Gasteiger partial charge in [-0.15, -0.1) is 0 Å². The van der Waals surface area contributed by atoms with Crippen molar-refractivity contribution in [2.24, 2.45) is 0 Å². The Morgan fingerprint density at radius 2 is 1.92 bits per heavy atom. The van der Waals surface area contributed by atoms with Gasteiger partial charge in [-0.2, -0.15) is 0 Å². The van der Waals surface area contributed by atoms with Gasteiger partial charge in [0.15, 0.2) is 0 Å². The topological polar surface area (TPSA) is 46.1 Å². The fraction of sp³-hybridized carbons (Fsp3) is 0.450. The first kappa shape index (κ1) is 16.6. The zero-order valence-corrected chi connectivity index (χ0v) is 14.3. The van der Waals surface area contributed by atoms with Crippen LogP contribution in [-0.4, -0.2) is 33.4 Å². The van der Waals surface area contributed by atoms with Gasteiger partial charge in [0.1, 0.15) is 0 Å². The first-order chi connectivity index (χ1) is 11.8. The third kappa shape index (κ3) is 3.81. The lowest BCUT2D eigenvalue weighted by atomic mass is 9.83. The van der Waals surface area contributed by atoms with Gasteiger partial charge in [0.2, 0.25) is 5.82 Å². The number of hydrogen-bond donors (Lipinski definition) is 0. The highest BCUT2D eigenvalue weighted by molar-refractivity contribution is 5.90. The molecule has 2 unspecified atom stereocenters. The minimum Gasteiger partial charge on any atom is -0.333 e. The summed E-state index contributed by atoms with van der Waals surface area (Å²) in [6.07, 6.45) is 8.66. The van der Waals surface area contributed by atoms with E-state index in [0.29, 0.717) is 11.7 Å². The predicted molar refractivity (Wildman–Crippen MR) is 94.8 cm³/mol. The van der Waals surface area contributed by atoms with Gasteiger partial charge in [0.25, 0.3) is 5.91 Å². The van der Waals surface area contributed by atoms with Crippen LogP contribution in [-0.2, 0) is 0 Å². The fourth-order valence-electron chi connectivity index (χ4n) is 3.60. The number of unbranched alkanes of at least 4 members (excludes halogenated alkanes) is 1. The Balaban J connectivity index is 1.76. The van der Waals surface area contributed by atoms with Crippen LogP contribution in [0.4, 0.5) is 0 Å². The minimum atomic E-state index is -0.0248.